The summed E-state index contributed by atoms with van der Waals surface area (Å²) in [6.07, 6.45) is -4.46. The number of para-hydroxylation sites is 1. The Morgan fingerprint density at radius 2 is 1.62 bits per heavy atom. The van der Waals surface area contributed by atoms with Gasteiger partial charge in [-0.15, -0.1) is 0 Å². The van der Waals surface area contributed by atoms with E-state index in [1.807, 2.05) is 6.07 Å². The third-order valence-electron chi connectivity index (χ3n) is 4.79. The van der Waals surface area contributed by atoms with Crippen molar-refractivity contribution >= 4 is 5.91 Å². The summed E-state index contributed by atoms with van der Waals surface area (Å²) < 4.78 is 53.5. The Labute approximate surface area is 181 Å². The number of aromatic nitrogens is 2. The normalized spacial score (nSPS) is 11.4. The van der Waals surface area contributed by atoms with E-state index in [2.05, 4.69) is 10.4 Å². The highest BCUT2D eigenvalue weighted by Crippen LogP contribution is 2.29. The van der Waals surface area contributed by atoms with E-state index in [1.165, 1.54) is 28.9 Å². The van der Waals surface area contributed by atoms with Crippen LogP contribution in [0.3, 0.4) is 0 Å². The van der Waals surface area contributed by atoms with Crippen LogP contribution in [0.15, 0.2) is 84.9 Å². The Balaban J connectivity index is 1.63. The number of nitrogens with zero attached hydrogens (tertiary/aromatic N) is 2. The van der Waals surface area contributed by atoms with Crippen LogP contribution in [0.25, 0.3) is 16.9 Å². The van der Waals surface area contributed by atoms with Gasteiger partial charge in [0, 0.05) is 12.1 Å². The molecule has 0 bridgehead atoms. The molecule has 32 heavy (non-hydrogen) atoms. The lowest BCUT2D eigenvalue weighted by Crippen LogP contribution is -2.25. The molecule has 0 saturated carbocycles. The largest absolute Gasteiger partial charge is 0.416 e. The molecule has 162 valence electrons. The topological polar surface area (TPSA) is 46.9 Å². The average molecular weight is 439 g/mol. The van der Waals surface area contributed by atoms with Crippen LogP contribution in [0.4, 0.5) is 17.6 Å². The van der Waals surface area contributed by atoms with Crippen LogP contribution in [0.1, 0.15) is 21.6 Å². The van der Waals surface area contributed by atoms with Crippen molar-refractivity contribution in [1.29, 1.82) is 0 Å². The Bertz CT molecular complexity index is 1230. The molecule has 0 spiro atoms. The summed E-state index contributed by atoms with van der Waals surface area (Å²) >= 11 is 0. The van der Waals surface area contributed by atoms with E-state index in [0.29, 0.717) is 22.5 Å². The van der Waals surface area contributed by atoms with Crippen molar-refractivity contribution in [3.8, 4) is 16.9 Å². The minimum Gasteiger partial charge on any atom is -0.347 e. The number of amides is 1. The van der Waals surface area contributed by atoms with Gasteiger partial charge in [0.05, 0.1) is 16.9 Å². The minimum atomic E-state index is -4.46. The Morgan fingerprint density at radius 3 is 2.31 bits per heavy atom. The molecule has 4 rings (SSSR count). The fourth-order valence-electron chi connectivity index (χ4n) is 3.20. The standard InChI is InChI=1S/C24H17F4N3O/c25-19-11-9-17(10-12-19)21-14-22(31(30-21)20-7-2-1-3-8-20)23(32)29-15-16-5-4-6-18(13-16)24(26,27)28/h1-14H,15H2,(H,29,32). The van der Waals surface area contributed by atoms with Gasteiger partial charge < -0.3 is 5.32 Å². The van der Waals surface area contributed by atoms with Gasteiger partial charge in [0.25, 0.3) is 5.91 Å². The van der Waals surface area contributed by atoms with Gasteiger partial charge in [-0.05, 0) is 60.2 Å². The fraction of sp³-hybridized carbons (Fsp3) is 0.0833. The lowest BCUT2D eigenvalue weighted by atomic mass is 10.1. The predicted molar refractivity (Wildman–Crippen MR) is 112 cm³/mol. The zero-order valence-electron chi connectivity index (χ0n) is 16.6. The molecule has 4 aromatic rings. The van der Waals surface area contributed by atoms with Gasteiger partial charge in [-0.25, -0.2) is 9.07 Å². The third-order valence-corrected chi connectivity index (χ3v) is 4.79. The van der Waals surface area contributed by atoms with Crippen LogP contribution in [-0.4, -0.2) is 15.7 Å². The lowest BCUT2D eigenvalue weighted by molar-refractivity contribution is -0.137. The second kappa shape index (κ2) is 8.66. The number of carbonyl (C=O) groups is 1. The van der Waals surface area contributed by atoms with Gasteiger partial charge in [-0.1, -0.05) is 30.3 Å². The van der Waals surface area contributed by atoms with Crippen molar-refractivity contribution in [1.82, 2.24) is 15.1 Å². The summed E-state index contributed by atoms with van der Waals surface area (Å²) in [5, 5.41) is 7.14. The molecule has 1 amide bonds. The molecule has 0 atom stereocenters. The van der Waals surface area contributed by atoms with Crippen molar-refractivity contribution in [3.63, 3.8) is 0 Å². The first kappa shape index (κ1) is 21.3. The highest BCUT2D eigenvalue weighted by Gasteiger charge is 2.30. The molecule has 1 aromatic heterocycles. The highest BCUT2D eigenvalue weighted by molar-refractivity contribution is 5.94. The summed E-state index contributed by atoms with van der Waals surface area (Å²) in [5.74, 6) is -0.901. The van der Waals surface area contributed by atoms with Crippen LogP contribution in [-0.2, 0) is 12.7 Å². The molecule has 0 saturated heterocycles. The molecule has 0 fully saturated rings. The van der Waals surface area contributed by atoms with Gasteiger partial charge >= 0.3 is 6.18 Å². The number of rotatable bonds is 5. The van der Waals surface area contributed by atoms with Gasteiger partial charge in [0.2, 0.25) is 0 Å². The molecule has 0 aliphatic heterocycles. The first-order valence-electron chi connectivity index (χ1n) is 9.67. The van der Waals surface area contributed by atoms with E-state index in [-0.39, 0.29) is 12.2 Å². The van der Waals surface area contributed by atoms with E-state index in [0.717, 1.165) is 12.1 Å². The number of halogens is 4. The molecular formula is C24H17F4N3O. The maximum atomic E-state index is 13.3. The monoisotopic (exact) mass is 439 g/mol. The number of benzene rings is 3. The smallest absolute Gasteiger partial charge is 0.347 e. The zero-order chi connectivity index (χ0) is 22.7. The highest BCUT2D eigenvalue weighted by atomic mass is 19.4. The molecular weight excluding hydrogens is 422 g/mol. The first-order valence-corrected chi connectivity index (χ1v) is 9.67. The number of alkyl halides is 3. The summed E-state index contributed by atoms with van der Waals surface area (Å²) in [7, 11) is 0. The molecule has 0 aliphatic carbocycles. The average Bonchev–Trinajstić information content (AvgIpc) is 3.24. The molecule has 3 aromatic carbocycles. The van der Waals surface area contributed by atoms with Crippen molar-refractivity contribution in [3.05, 3.63) is 108 Å². The second-order valence-corrected chi connectivity index (χ2v) is 7.05. The summed E-state index contributed by atoms with van der Waals surface area (Å²) in [5.41, 5.74) is 1.44. The minimum absolute atomic E-state index is 0.0887. The Morgan fingerprint density at radius 1 is 0.906 bits per heavy atom. The predicted octanol–water partition coefficient (Wildman–Crippen LogP) is 5.63. The number of hydrogen-bond donors (Lipinski definition) is 1. The van der Waals surface area contributed by atoms with E-state index < -0.39 is 23.5 Å². The number of nitrogens with one attached hydrogen (secondary N) is 1. The van der Waals surface area contributed by atoms with Crippen LogP contribution < -0.4 is 5.32 Å². The van der Waals surface area contributed by atoms with E-state index in [4.69, 9.17) is 0 Å². The summed E-state index contributed by atoms with van der Waals surface area (Å²) in [6, 6.07) is 21.0. The van der Waals surface area contributed by atoms with Crippen molar-refractivity contribution < 1.29 is 22.4 Å². The molecule has 4 nitrogen and oxygen atoms in total. The van der Waals surface area contributed by atoms with Crippen LogP contribution in [0.5, 0.6) is 0 Å². The molecule has 0 radical (unpaired) electrons. The maximum absolute atomic E-state index is 13.3. The Hall–Kier alpha value is -3.94. The van der Waals surface area contributed by atoms with Crippen molar-refractivity contribution in [2.75, 3.05) is 0 Å². The van der Waals surface area contributed by atoms with Gasteiger partial charge in [0.1, 0.15) is 11.5 Å². The molecule has 0 unspecified atom stereocenters. The van der Waals surface area contributed by atoms with E-state index in [9.17, 15) is 22.4 Å². The van der Waals surface area contributed by atoms with Crippen LogP contribution >= 0.6 is 0 Å². The molecule has 8 heteroatoms. The van der Waals surface area contributed by atoms with E-state index in [1.54, 1.807) is 42.5 Å². The lowest BCUT2D eigenvalue weighted by Gasteiger charge is -2.10. The molecule has 1 heterocycles. The summed E-state index contributed by atoms with van der Waals surface area (Å²) in [6.45, 7) is -0.0887. The first-order chi connectivity index (χ1) is 15.3. The number of hydrogen-bond acceptors (Lipinski definition) is 2. The third kappa shape index (κ3) is 4.69. The zero-order valence-corrected chi connectivity index (χ0v) is 16.6. The maximum Gasteiger partial charge on any atom is 0.416 e. The second-order valence-electron chi connectivity index (χ2n) is 7.05. The van der Waals surface area contributed by atoms with E-state index >= 15 is 0 Å². The molecule has 1 N–H and O–H groups in total. The van der Waals surface area contributed by atoms with Gasteiger partial charge in [0.15, 0.2) is 0 Å². The Kier molecular flexibility index (Phi) is 5.77. The van der Waals surface area contributed by atoms with Crippen LogP contribution in [0, 0.1) is 5.82 Å². The molecule has 0 aliphatic rings. The van der Waals surface area contributed by atoms with Crippen molar-refractivity contribution in [2.45, 2.75) is 12.7 Å². The van der Waals surface area contributed by atoms with Gasteiger partial charge in [-0.3, -0.25) is 4.79 Å². The quantitative estimate of drug-likeness (QED) is 0.410. The fourth-order valence-corrected chi connectivity index (χ4v) is 3.20. The summed E-state index contributed by atoms with van der Waals surface area (Å²) in [4.78, 5) is 12.9. The SMILES string of the molecule is O=C(NCc1cccc(C(F)(F)F)c1)c1cc(-c2ccc(F)cc2)nn1-c1ccccc1. The van der Waals surface area contributed by atoms with Gasteiger partial charge in [-0.2, -0.15) is 18.3 Å². The van der Waals surface area contributed by atoms with Crippen molar-refractivity contribution in [2.24, 2.45) is 0 Å². The number of carbonyl (C=O) groups excluding carboxylic acids is 1. The van der Waals surface area contributed by atoms with Crippen LogP contribution in [0.2, 0.25) is 0 Å².